The minimum Gasteiger partial charge on any atom is -0.493 e. The van der Waals surface area contributed by atoms with E-state index in [1.54, 1.807) is 7.11 Å². The zero-order valence-corrected chi connectivity index (χ0v) is 14.1. The Morgan fingerprint density at radius 2 is 2.05 bits per heavy atom. The van der Waals surface area contributed by atoms with Gasteiger partial charge < -0.3 is 10.1 Å². The predicted molar refractivity (Wildman–Crippen MR) is 86.5 cm³/mol. The molecule has 0 bridgehead atoms. The second kappa shape index (κ2) is 7.83. The van der Waals surface area contributed by atoms with Crippen LogP contribution in [0.15, 0.2) is 6.20 Å². The first-order valence-corrected chi connectivity index (χ1v) is 8.50. The van der Waals surface area contributed by atoms with Gasteiger partial charge in [-0.3, -0.25) is 4.68 Å². The van der Waals surface area contributed by atoms with Gasteiger partial charge in [-0.1, -0.05) is 39.5 Å². The molecule has 2 rings (SSSR count). The Balaban J connectivity index is 2.11. The molecule has 4 heteroatoms. The van der Waals surface area contributed by atoms with Crippen LogP contribution in [0.25, 0.3) is 0 Å². The Hall–Kier alpha value is -1.03. The number of hydrogen-bond donors (Lipinski definition) is 1. The maximum atomic E-state index is 5.52. The van der Waals surface area contributed by atoms with E-state index in [0.717, 1.165) is 18.2 Å². The number of hydrogen-bond acceptors (Lipinski definition) is 3. The Bertz CT molecular complexity index is 422. The molecule has 0 radical (unpaired) electrons. The van der Waals surface area contributed by atoms with Crippen LogP contribution in [0.3, 0.4) is 0 Å². The molecule has 0 spiro atoms. The van der Waals surface area contributed by atoms with Crippen LogP contribution in [0.5, 0.6) is 5.75 Å². The minimum absolute atomic E-state index is 0.361. The first kappa shape index (κ1) is 16.3. The fraction of sp³-hybridized carbons (Fsp3) is 0.824. The van der Waals surface area contributed by atoms with Crippen LogP contribution >= 0.6 is 0 Å². The molecule has 1 N–H and O–H groups in total. The molecule has 1 aromatic heterocycles. The molecule has 0 aliphatic heterocycles. The van der Waals surface area contributed by atoms with Crippen LogP contribution in [-0.4, -0.2) is 23.4 Å². The van der Waals surface area contributed by atoms with Gasteiger partial charge in [0.1, 0.15) is 0 Å². The Kier molecular flexibility index (Phi) is 6.09. The molecule has 0 aromatic carbocycles. The zero-order valence-electron chi connectivity index (χ0n) is 14.1. The molecule has 4 nitrogen and oxygen atoms in total. The third-order valence-corrected chi connectivity index (χ3v) is 4.95. The first-order chi connectivity index (χ1) is 10.2. The number of nitrogens with one attached hydrogen (secondary N) is 1. The van der Waals surface area contributed by atoms with Crippen molar-refractivity contribution in [2.75, 3.05) is 13.7 Å². The van der Waals surface area contributed by atoms with Crippen LogP contribution in [0, 0.1) is 11.8 Å². The van der Waals surface area contributed by atoms with Crippen LogP contribution in [0.2, 0.25) is 0 Å². The molecule has 0 amide bonds. The van der Waals surface area contributed by atoms with Gasteiger partial charge in [-0.15, -0.1) is 0 Å². The lowest BCUT2D eigenvalue weighted by Gasteiger charge is -2.34. The van der Waals surface area contributed by atoms with Gasteiger partial charge in [0.15, 0.2) is 5.75 Å². The SMILES string of the molecule is CCCC1CCC(C(NCC)c2c(OC)cnn2C)CC1. The molecule has 1 unspecified atom stereocenters. The number of ether oxygens (including phenoxy) is 1. The summed E-state index contributed by atoms with van der Waals surface area (Å²) in [5, 5.41) is 8.06. The number of aromatic nitrogens is 2. The minimum atomic E-state index is 0.361. The van der Waals surface area contributed by atoms with E-state index in [-0.39, 0.29) is 0 Å². The van der Waals surface area contributed by atoms with Gasteiger partial charge in [0.25, 0.3) is 0 Å². The standard InChI is InChI=1S/C17H31N3O/c1-5-7-13-8-10-14(11-9-13)16(18-6-2)17-15(21-4)12-19-20(17)3/h12-14,16,18H,5-11H2,1-4H3. The molecule has 0 saturated heterocycles. The van der Waals surface area contributed by atoms with Crippen LogP contribution in [0.1, 0.15) is 64.1 Å². The smallest absolute Gasteiger partial charge is 0.161 e. The van der Waals surface area contributed by atoms with Crippen molar-refractivity contribution in [1.82, 2.24) is 15.1 Å². The highest BCUT2D eigenvalue weighted by molar-refractivity contribution is 5.28. The molecule has 21 heavy (non-hydrogen) atoms. The molecule has 1 aliphatic rings. The van der Waals surface area contributed by atoms with Crippen molar-refractivity contribution in [3.05, 3.63) is 11.9 Å². The van der Waals surface area contributed by atoms with Gasteiger partial charge in [0.05, 0.1) is 25.0 Å². The average molecular weight is 293 g/mol. The summed E-state index contributed by atoms with van der Waals surface area (Å²) in [7, 11) is 3.76. The molecule has 1 fully saturated rings. The second-order valence-corrected chi connectivity index (χ2v) is 6.33. The fourth-order valence-corrected chi connectivity index (χ4v) is 3.86. The molecule has 1 aromatic rings. The van der Waals surface area contributed by atoms with Crippen molar-refractivity contribution in [3.8, 4) is 5.75 Å². The first-order valence-electron chi connectivity index (χ1n) is 8.50. The molecular weight excluding hydrogens is 262 g/mol. The summed E-state index contributed by atoms with van der Waals surface area (Å²) in [4.78, 5) is 0. The summed E-state index contributed by atoms with van der Waals surface area (Å²) in [6.45, 7) is 5.46. The van der Waals surface area contributed by atoms with Crippen LogP contribution in [0.4, 0.5) is 0 Å². The van der Waals surface area contributed by atoms with E-state index in [2.05, 4.69) is 24.3 Å². The highest BCUT2D eigenvalue weighted by Gasteiger charge is 2.31. The monoisotopic (exact) mass is 293 g/mol. The van der Waals surface area contributed by atoms with E-state index < -0.39 is 0 Å². The highest BCUT2D eigenvalue weighted by Crippen LogP contribution is 2.40. The van der Waals surface area contributed by atoms with Crippen LogP contribution < -0.4 is 10.1 Å². The van der Waals surface area contributed by atoms with Gasteiger partial charge >= 0.3 is 0 Å². The van der Waals surface area contributed by atoms with Crippen molar-refractivity contribution in [3.63, 3.8) is 0 Å². The molecular formula is C17H31N3O. The summed E-state index contributed by atoms with van der Waals surface area (Å²) in [5.74, 6) is 2.56. The fourth-order valence-electron chi connectivity index (χ4n) is 3.86. The molecule has 1 aliphatic carbocycles. The van der Waals surface area contributed by atoms with Gasteiger partial charge in [0.2, 0.25) is 0 Å². The number of nitrogens with zero attached hydrogens (tertiary/aromatic N) is 2. The maximum absolute atomic E-state index is 5.52. The second-order valence-electron chi connectivity index (χ2n) is 6.33. The summed E-state index contributed by atoms with van der Waals surface area (Å²) in [6.07, 6.45) is 9.94. The Labute approximate surface area is 129 Å². The van der Waals surface area contributed by atoms with E-state index >= 15 is 0 Å². The summed E-state index contributed by atoms with van der Waals surface area (Å²) in [5.41, 5.74) is 1.21. The van der Waals surface area contributed by atoms with Crippen LogP contribution in [-0.2, 0) is 7.05 Å². The predicted octanol–water partition coefficient (Wildman–Crippen LogP) is 3.69. The maximum Gasteiger partial charge on any atom is 0.161 e. The third-order valence-electron chi connectivity index (χ3n) is 4.95. The van der Waals surface area contributed by atoms with Crippen molar-refractivity contribution in [2.24, 2.45) is 18.9 Å². The largest absolute Gasteiger partial charge is 0.493 e. The van der Waals surface area contributed by atoms with Gasteiger partial charge in [-0.05, 0) is 31.2 Å². The molecule has 120 valence electrons. The van der Waals surface area contributed by atoms with Gasteiger partial charge in [-0.25, -0.2) is 0 Å². The van der Waals surface area contributed by atoms with E-state index in [1.807, 2.05) is 17.9 Å². The normalized spacial score (nSPS) is 24.0. The Morgan fingerprint density at radius 1 is 1.33 bits per heavy atom. The number of methoxy groups -OCH3 is 1. The van der Waals surface area contributed by atoms with Gasteiger partial charge in [0, 0.05) is 7.05 Å². The molecule has 1 atom stereocenters. The van der Waals surface area contributed by atoms with E-state index in [0.29, 0.717) is 12.0 Å². The van der Waals surface area contributed by atoms with Crippen molar-refractivity contribution >= 4 is 0 Å². The average Bonchev–Trinajstić information content (AvgIpc) is 2.87. The summed E-state index contributed by atoms with van der Waals surface area (Å²) >= 11 is 0. The van der Waals surface area contributed by atoms with E-state index in [1.165, 1.54) is 44.2 Å². The third kappa shape index (κ3) is 3.79. The van der Waals surface area contributed by atoms with Gasteiger partial charge in [-0.2, -0.15) is 5.10 Å². The Morgan fingerprint density at radius 3 is 2.62 bits per heavy atom. The lowest BCUT2D eigenvalue weighted by Crippen LogP contribution is -2.32. The molecule has 1 heterocycles. The van der Waals surface area contributed by atoms with E-state index in [9.17, 15) is 0 Å². The molecule has 1 saturated carbocycles. The van der Waals surface area contributed by atoms with Crippen molar-refractivity contribution in [2.45, 2.75) is 58.4 Å². The topological polar surface area (TPSA) is 39.1 Å². The van der Waals surface area contributed by atoms with Crippen molar-refractivity contribution in [1.29, 1.82) is 0 Å². The van der Waals surface area contributed by atoms with E-state index in [4.69, 9.17) is 4.74 Å². The highest BCUT2D eigenvalue weighted by atomic mass is 16.5. The number of rotatable bonds is 7. The zero-order chi connectivity index (χ0) is 15.2. The summed E-state index contributed by atoms with van der Waals surface area (Å²) in [6, 6.07) is 0.361. The quantitative estimate of drug-likeness (QED) is 0.833. The van der Waals surface area contributed by atoms with Crippen molar-refractivity contribution < 1.29 is 4.74 Å². The number of aryl methyl sites for hydroxylation is 1. The lowest BCUT2D eigenvalue weighted by molar-refractivity contribution is 0.208. The summed E-state index contributed by atoms with van der Waals surface area (Å²) < 4.78 is 7.50. The lowest BCUT2D eigenvalue weighted by atomic mass is 9.76.